The molecule has 104 heavy (non-hydrogen) atoms. The number of rotatable bonds is 23. The van der Waals surface area contributed by atoms with E-state index in [1.165, 1.54) is 10.6 Å². The van der Waals surface area contributed by atoms with Crippen LogP contribution in [0.15, 0.2) is 134 Å². The monoisotopic (exact) mass is 1650 g/mol. The topological polar surface area (TPSA) is 338 Å². The molecule has 11 heterocycles. The molecule has 0 saturated carbocycles. The summed E-state index contributed by atoms with van der Waals surface area (Å²) in [5.74, 6) is -2.93. The van der Waals surface area contributed by atoms with Gasteiger partial charge in [-0.2, -0.15) is 0 Å². The maximum atomic E-state index is 13.6. The Kier molecular flexibility index (Phi) is 28.5. The number of aryl methyl sites for hydroxylation is 3. The molecule has 4 aliphatic rings. The van der Waals surface area contributed by atoms with Crippen molar-refractivity contribution >= 4 is 99.8 Å². The van der Waals surface area contributed by atoms with Crippen molar-refractivity contribution in [1.82, 2.24) is 63.0 Å². The summed E-state index contributed by atoms with van der Waals surface area (Å²) in [4.78, 5) is 107. The molecule has 4 fully saturated rings. The van der Waals surface area contributed by atoms with Crippen LogP contribution in [0.4, 0.5) is 28.4 Å². The molecule has 0 aliphatic carbocycles. The number of nitrogens with one attached hydrogen (secondary N) is 6. The third-order valence-corrected chi connectivity index (χ3v) is 17.9. The Bertz CT molecular complexity index is 4420. The number of nitrogen functional groups attached to an aromatic ring is 1. The van der Waals surface area contributed by atoms with E-state index in [1.807, 2.05) is 63.9 Å². The molecule has 9 aromatic rings. The number of ether oxygens (including phenoxy) is 4. The van der Waals surface area contributed by atoms with Crippen LogP contribution in [0.25, 0.3) is 21.5 Å². The van der Waals surface area contributed by atoms with Crippen LogP contribution in [-0.4, -0.2) is 253 Å². The third kappa shape index (κ3) is 21.8. The molecule has 546 valence electrons. The minimum Gasteiger partial charge on any atom is -0.477 e. The van der Waals surface area contributed by atoms with Gasteiger partial charge in [-0.05, 0) is 54.6 Å². The first-order chi connectivity index (χ1) is 50.5. The van der Waals surface area contributed by atoms with Crippen LogP contribution in [0, 0.1) is 31.1 Å². The molecule has 0 spiro atoms. The Hall–Kier alpha value is -9.45. The van der Waals surface area contributed by atoms with Crippen LogP contribution in [-0.2, 0) is 53.2 Å². The van der Waals surface area contributed by atoms with Crippen molar-refractivity contribution in [3.8, 4) is 0 Å². The number of fused-ring (bicyclic) bond motifs is 2. The second-order valence-electron chi connectivity index (χ2n) is 25.1. The van der Waals surface area contributed by atoms with Gasteiger partial charge in [-0.25, -0.2) is 4.79 Å². The summed E-state index contributed by atoms with van der Waals surface area (Å²) in [5.41, 5.74) is 10.6. The number of nitrogens with zero attached hydrogens (tertiary/aromatic N) is 11. The minimum absolute atomic E-state index is 0. The van der Waals surface area contributed by atoms with Crippen molar-refractivity contribution in [3.63, 3.8) is 0 Å². The maximum absolute atomic E-state index is 13.6. The first-order valence-corrected chi connectivity index (χ1v) is 34.1. The smallest absolute Gasteiger partial charge is 0.352 e. The van der Waals surface area contributed by atoms with Crippen molar-refractivity contribution in [3.05, 3.63) is 174 Å². The third-order valence-electron chi connectivity index (χ3n) is 17.9. The number of aromatic nitrogens is 7. The van der Waals surface area contributed by atoms with E-state index in [0.717, 1.165) is 133 Å². The molecule has 6 amide bonds. The average molecular weight is 1650 g/mol. The molecular formula is C72H89BN18O12U. The molecule has 0 bridgehead atoms. The van der Waals surface area contributed by atoms with E-state index in [1.54, 1.807) is 104 Å². The number of carbonyl (C=O) groups excluding carboxylic acids is 6. The Balaban J connectivity index is 0.000000210. The molecule has 2 aromatic carbocycles. The van der Waals surface area contributed by atoms with Crippen LogP contribution in [0.1, 0.15) is 73.4 Å². The number of carboxylic acid groups (broad SMARTS) is 1. The van der Waals surface area contributed by atoms with Crippen molar-refractivity contribution in [2.45, 2.75) is 13.1 Å². The number of benzene rings is 2. The summed E-state index contributed by atoms with van der Waals surface area (Å²) >= 11 is 0. The second kappa shape index (κ2) is 38.3. The number of aromatic carboxylic acids is 1. The zero-order valence-corrected chi connectivity index (χ0v) is 62.8. The average Bonchev–Trinajstić information content (AvgIpc) is 1.79. The summed E-state index contributed by atoms with van der Waals surface area (Å²) in [6.07, 6.45) is 11.7. The fraction of sp³-hybridized carbons (Fsp3) is 0.375. The molecule has 7 aromatic heterocycles. The zero-order valence-electron chi connectivity index (χ0n) is 59.7. The summed E-state index contributed by atoms with van der Waals surface area (Å²) in [6.45, 7) is 18.6. The van der Waals surface area contributed by atoms with Crippen LogP contribution in [0.3, 0.4) is 0 Å². The molecule has 2 radical (unpaired) electrons. The summed E-state index contributed by atoms with van der Waals surface area (Å²) < 4.78 is 35.3. The van der Waals surface area contributed by atoms with E-state index >= 15 is 0 Å². The Morgan fingerprint density at radius 2 is 0.750 bits per heavy atom. The van der Waals surface area contributed by atoms with Gasteiger partial charge in [0, 0.05) is 219 Å². The summed E-state index contributed by atoms with van der Waals surface area (Å²) in [5, 5.41) is 30.0. The zero-order chi connectivity index (χ0) is 73.5. The number of nitrogens with two attached hydrogens (primary N) is 1. The van der Waals surface area contributed by atoms with Gasteiger partial charge in [-0.3, -0.25) is 58.3 Å². The van der Waals surface area contributed by atoms with Crippen molar-refractivity contribution in [2.24, 2.45) is 21.1 Å². The molecule has 4 saturated heterocycles. The molecule has 32 heteroatoms. The van der Waals surface area contributed by atoms with E-state index in [0.29, 0.717) is 97.3 Å². The fourth-order valence-electron chi connectivity index (χ4n) is 12.3. The van der Waals surface area contributed by atoms with Gasteiger partial charge in [0.05, 0.1) is 81.3 Å². The van der Waals surface area contributed by atoms with Gasteiger partial charge in [0.15, 0.2) is 0 Å². The molecule has 13 rings (SSSR count). The van der Waals surface area contributed by atoms with Gasteiger partial charge < -0.3 is 84.5 Å². The Morgan fingerprint density at radius 3 is 1.14 bits per heavy atom. The van der Waals surface area contributed by atoms with Crippen LogP contribution >= 0.6 is 0 Å². The first kappa shape index (κ1) is 77.2. The van der Waals surface area contributed by atoms with E-state index in [2.05, 4.69) is 69.8 Å². The van der Waals surface area contributed by atoms with Crippen LogP contribution < -0.4 is 37.6 Å². The van der Waals surface area contributed by atoms with Gasteiger partial charge in [0.25, 0.3) is 35.4 Å². The van der Waals surface area contributed by atoms with E-state index in [4.69, 9.17) is 31.1 Å². The van der Waals surface area contributed by atoms with Gasteiger partial charge in [0.2, 0.25) is 0 Å². The number of morpholine rings is 4. The second-order valence-corrected chi connectivity index (χ2v) is 25.1. The molecule has 4 aliphatic heterocycles. The minimum atomic E-state index is -1.05. The van der Waals surface area contributed by atoms with Gasteiger partial charge >= 0.3 is 5.97 Å². The quantitative estimate of drug-likeness (QED) is 0.0416. The first-order valence-electron chi connectivity index (χ1n) is 34.6. The standard InChI is InChI=1S/C39H46N10O6.C17H29N5O3.C16H13N3O3.BH.U/c1-45-24-29(42-36(50)32-19-27-5-3-4-6-28(27)23-41-32)20-33(45)38(52)43-30-21-34(46(2)25-30)39(53)44-31-22-35(37(51)40-7-8-47-11-15-54-16-12-47)49(26-31)10-9-48-13-17-55-18-14-48;18-15-13-16(17(23)19-1-2-20-5-9-24-10-6-20)22(14-15)4-3-21-7-11-25-12-8-21;1-19-9-12(7-14(19)16(21)22)18-15(20)13-6-10-4-2-3-5-11(10)8-17-13;;/h3-6,19-26H,7-18H2,1-2H3,(H,40,51)(H,42,50)(H,43,52)(H,44,53);13-14H,1-12,18H2,(H,19,23);2-9H,1H3,(H,18,20)(H,21,22);1H;/i;;;1T;. The number of carboxylic acids is 1. The maximum Gasteiger partial charge on any atom is 0.352 e. The Labute approximate surface area is 629 Å². The van der Waals surface area contributed by atoms with Crippen molar-refractivity contribution in [1.29, 1.82) is 1.34 Å². The van der Waals surface area contributed by atoms with Gasteiger partial charge in [-0.1, -0.05) is 48.5 Å². The van der Waals surface area contributed by atoms with Crippen LogP contribution in [0.2, 0.25) is 0 Å². The van der Waals surface area contributed by atoms with E-state index in [-0.39, 0.29) is 65.9 Å². The normalized spacial score (nSPS) is 15.1. The number of pyridine rings is 2. The molecular weight excluding hydrogens is 1560 g/mol. The number of hydrogen-bond donors (Lipinski definition) is 8. The predicted octanol–water partition coefficient (Wildman–Crippen LogP) is 4.20. The molecule has 0 atom stereocenters. The van der Waals surface area contributed by atoms with Crippen LogP contribution in [0.5, 0.6) is 0 Å². The number of amides is 6. The molecule has 0 unspecified atom stereocenters. The van der Waals surface area contributed by atoms with Crippen molar-refractivity contribution in [2.75, 3.05) is 171 Å². The number of hydrogen-bond acceptors (Lipinski definition) is 18. The Morgan fingerprint density at radius 1 is 0.423 bits per heavy atom. The SMILES string of the molecule is Cn1cc(NC(=O)c2cc3ccccc3cn2)cc1C(=O)Nc1cc(C(=O)Nc2cc(C(=O)NCCN3CCOCC3)n(CCN3CCOCC3)c2)n(C)c1.Cn1cc(NC(=O)c2cc3ccccc3cn2)cc1C(=O)O.Nc1cc(C(=O)NCCN2CCOCC2)n(CCN2CCOCC2)c1.[3H][B].[U]. The molecule has 9 N–H and O–H groups in total. The van der Waals surface area contributed by atoms with Crippen molar-refractivity contribution < 1.29 is 88.7 Å². The number of anilines is 5. The van der Waals surface area contributed by atoms with E-state index < -0.39 is 23.7 Å². The van der Waals surface area contributed by atoms with Gasteiger partial charge in [-0.15, -0.1) is 0 Å². The fourth-order valence-corrected chi connectivity index (χ4v) is 12.3. The molecule has 30 nitrogen and oxygen atoms in total. The summed E-state index contributed by atoms with van der Waals surface area (Å²) in [7, 11) is 8.77. The van der Waals surface area contributed by atoms with Gasteiger partial charge in [0.1, 0.15) is 39.9 Å². The largest absolute Gasteiger partial charge is 0.477 e. The summed E-state index contributed by atoms with van der Waals surface area (Å²) in [6, 6.07) is 26.7. The number of carbonyl (C=O) groups is 7. The predicted molar refractivity (Wildman–Crippen MR) is 393 cm³/mol. The van der Waals surface area contributed by atoms with E-state index in [9.17, 15) is 33.6 Å².